The monoisotopic (exact) mass is 435 g/mol. The topological polar surface area (TPSA) is 109 Å². The molecule has 1 aromatic carbocycles. The fourth-order valence-corrected chi connectivity index (χ4v) is 4.40. The van der Waals surface area contributed by atoms with Crippen molar-refractivity contribution >= 4 is 43.5 Å². The first-order valence-corrected chi connectivity index (χ1v) is 9.76. The average Bonchev–Trinajstić information content (AvgIpc) is 3.16. The second-order valence-electron chi connectivity index (χ2n) is 6.10. The lowest BCUT2D eigenvalue weighted by atomic mass is 10.1. The van der Waals surface area contributed by atoms with E-state index in [-0.39, 0.29) is 17.4 Å². The molecule has 0 saturated carbocycles. The molecule has 0 unspecified atom stereocenters. The number of aryl methyl sites for hydroxylation is 2. The van der Waals surface area contributed by atoms with E-state index < -0.39 is 5.97 Å². The van der Waals surface area contributed by atoms with Gasteiger partial charge in [-0.3, -0.25) is 4.79 Å². The van der Waals surface area contributed by atoms with Gasteiger partial charge in [-0.25, -0.2) is 9.78 Å². The Morgan fingerprint density at radius 3 is 2.65 bits per heavy atom. The summed E-state index contributed by atoms with van der Waals surface area (Å²) >= 11 is 4.79. The van der Waals surface area contributed by atoms with Crippen molar-refractivity contribution in [2.45, 2.75) is 32.2 Å². The van der Waals surface area contributed by atoms with Gasteiger partial charge in [0.2, 0.25) is 5.82 Å². The molecular weight excluding hydrogens is 418 g/mol. The van der Waals surface area contributed by atoms with Crippen LogP contribution >= 0.6 is 27.3 Å². The lowest BCUT2D eigenvalue weighted by Gasteiger charge is -2.03. The second kappa shape index (κ2) is 7.69. The molecule has 3 aromatic rings. The number of carboxylic acids is 1. The highest BCUT2D eigenvalue weighted by Gasteiger charge is 2.22. The average molecular weight is 436 g/mol. The first-order chi connectivity index (χ1) is 12.4. The summed E-state index contributed by atoms with van der Waals surface area (Å²) in [6, 6.07) is 8.18. The van der Waals surface area contributed by atoms with E-state index in [1.807, 2.05) is 31.2 Å². The van der Waals surface area contributed by atoms with Crippen LogP contribution in [0.5, 0.6) is 0 Å². The number of aromatic amines is 1. The first kappa shape index (κ1) is 18.8. The van der Waals surface area contributed by atoms with Crippen LogP contribution < -0.4 is 11.3 Å². The lowest BCUT2D eigenvalue weighted by molar-refractivity contribution is 0.0683. The van der Waals surface area contributed by atoms with E-state index in [0.29, 0.717) is 10.2 Å². The number of hydrogen-bond acceptors (Lipinski definition) is 5. The van der Waals surface area contributed by atoms with Crippen molar-refractivity contribution in [3.05, 3.63) is 60.9 Å². The molecule has 0 spiro atoms. The van der Waals surface area contributed by atoms with E-state index >= 15 is 0 Å². The van der Waals surface area contributed by atoms with Crippen LogP contribution in [0, 0.1) is 0 Å². The molecule has 1 aliphatic carbocycles. The fraction of sp³-hybridized carbons (Fsp3) is 0.278. The third kappa shape index (κ3) is 3.87. The van der Waals surface area contributed by atoms with Crippen molar-refractivity contribution in [3.8, 4) is 0 Å². The van der Waals surface area contributed by atoms with Crippen LogP contribution in [0.25, 0.3) is 10.2 Å². The van der Waals surface area contributed by atoms with Gasteiger partial charge in [-0.15, -0.1) is 11.3 Å². The summed E-state index contributed by atoms with van der Waals surface area (Å²) in [5.74, 6) is -1.48. The number of nitrogens with two attached hydrogens (primary N) is 1. The number of halogens is 1. The van der Waals surface area contributed by atoms with Gasteiger partial charge in [-0.1, -0.05) is 28.1 Å². The Morgan fingerprint density at radius 2 is 2.04 bits per heavy atom. The fourth-order valence-electron chi connectivity index (χ4n) is 2.87. The molecule has 0 saturated heterocycles. The molecule has 4 rings (SSSR count). The van der Waals surface area contributed by atoms with Crippen molar-refractivity contribution in [3.63, 3.8) is 0 Å². The van der Waals surface area contributed by atoms with Crippen LogP contribution in [0.3, 0.4) is 0 Å². The third-order valence-corrected chi connectivity index (χ3v) is 5.89. The van der Waals surface area contributed by atoms with Crippen molar-refractivity contribution in [2.24, 2.45) is 5.73 Å². The molecule has 8 heteroatoms. The molecular formula is C18H18BrN3O3S. The van der Waals surface area contributed by atoms with Gasteiger partial charge in [0, 0.05) is 15.4 Å². The van der Waals surface area contributed by atoms with Crippen LogP contribution in [-0.4, -0.2) is 21.0 Å². The van der Waals surface area contributed by atoms with Crippen molar-refractivity contribution < 1.29 is 9.90 Å². The van der Waals surface area contributed by atoms with Crippen LogP contribution in [0.4, 0.5) is 0 Å². The third-order valence-electron chi connectivity index (χ3n) is 4.17. The van der Waals surface area contributed by atoms with Gasteiger partial charge in [0.05, 0.1) is 5.39 Å². The summed E-state index contributed by atoms with van der Waals surface area (Å²) < 4.78 is 1.09. The number of H-pyrrole nitrogens is 1. The minimum atomic E-state index is -1.20. The van der Waals surface area contributed by atoms with Crippen LogP contribution in [-0.2, 0) is 12.8 Å². The molecule has 2 heterocycles. The Balaban J connectivity index is 0.000000170. The molecule has 0 amide bonds. The number of fused-ring (bicyclic) bond motifs is 3. The number of aromatic nitrogens is 2. The number of nitrogens with one attached hydrogen (secondary N) is 1. The van der Waals surface area contributed by atoms with Crippen molar-refractivity contribution in [2.75, 3.05) is 0 Å². The molecule has 4 N–H and O–H groups in total. The zero-order valence-electron chi connectivity index (χ0n) is 14.1. The Labute approximate surface area is 162 Å². The first-order valence-electron chi connectivity index (χ1n) is 8.15. The summed E-state index contributed by atoms with van der Waals surface area (Å²) in [6.45, 7) is 1.98. The predicted octanol–water partition coefficient (Wildman–Crippen LogP) is 3.64. The molecule has 1 atom stereocenters. The summed E-state index contributed by atoms with van der Waals surface area (Å²) in [4.78, 5) is 30.5. The summed E-state index contributed by atoms with van der Waals surface area (Å²) in [7, 11) is 0. The Hall–Kier alpha value is -2.03. The maximum Gasteiger partial charge on any atom is 0.372 e. The van der Waals surface area contributed by atoms with Crippen LogP contribution in [0.1, 0.15) is 46.0 Å². The maximum absolute atomic E-state index is 11.8. The van der Waals surface area contributed by atoms with Gasteiger partial charge in [-0.2, -0.15) is 0 Å². The van der Waals surface area contributed by atoms with Crippen molar-refractivity contribution in [1.82, 2.24) is 9.97 Å². The smallest absolute Gasteiger partial charge is 0.372 e. The number of benzene rings is 1. The Morgan fingerprint density at radius 1 is 1.35 bits per heavy atom. The van der Waals surface area contributed by atoms with E-state index in [4.69, 9.17) is 10.8 Å². The molecule has 136 valence electrons. The molecule has 0 aliphatic heterocycles. The number of hydrogen-bond donors (Lipinski definition) is 3. The number of nitrogens with zero attached hydrogens (tertiary/aromatic N) is 1. The minimum Gasteiger partial charge on any atom is -0.475 e. The molecule has 6 nitrogen and oxygen atoms in total. The van der Waals surface area contributed by atoms with E-state index in [0.717, 1.165) is 29.3 Å². The number of rotatable bonds is 2. The zero-order valence-corrected chi connectivity index (χ0v) is 16.5. The number of aromatic carboxylic acids is 1. The van der Waals surface area contributed by atoms with E-state index in [1.165, 1.54) is 21.8 Å². The molecule has 2 aromatic heterocycles. The van der Waals surface area contributed by atoms with Gasteiger partial charge in [0.1, 0.15) is 4.83 Å². The Kier molecular flexibility index (Phi) is 5.55. The van der Waals surface area contributed by atoms with Gasteiger partial charge >= 0.3 is 5.97 Å². The molecule has 0 bridgehead atoms. The van der Waals surface area contributed by atoms with Crippen molar-refractivity contribution in [1.29, 1.82) is 0 Å². The van der Waals surface area contributed by atoms with Gasteiger partial charge < -0.3 is 15.8 Å². The number of carbonyl (C=O) groups is 1. The van der Waals surface area contributed by atoms with E-state index in [9.17, 15) is 9.59 Å². The largest absolute Gasteiger partial charge is 0.475 e. The highest BCUT2D eigenvalue weighted by Crippen LogP contribution is 2.34. The number of carboxylic acid groups (broad SMARTS) is 1. The lowest BCUT2D eigenvalue weighted by Crippen LogP contribution is -2.15. The van der Waals surface area contributed by atoms with Gasteiger partial charge in [0.25, 0.3) is 5.56 Å². The molecule has 26 heavy (non-hydrogen) atoms. The zero-order chi connectivity index (χ0) is 18.8. The maximum atomic E-state index is 11.8. The standard InChI is InChI=1S/C10H8N2O3S.C8H10BrN/c13-8-6-4-2-1-3-5(4)16-9(6)12-7(11-8)10(14)15;1-6(10)7-2-4-8(9)5-3-7/h1-3H2,(H,14,15)(H,11,12,13);2-6H,10H2,1H3/t;6-/m.1/s1. The minimum absolute atomic E-state index is 0.132. The quantitative estimate of drug-likeness (QED) is 0.568. The summed E-state index contributed by atoms with van der Waals surface area (Å²) in [5.41, 5.74) is 7.55. The van der Waals surface area contributed by atoms with Crippen LogP contribution in [0.15, 0.2) is 33.5 Å². The molecule has 0 fully saturated rings. The van der Waals surface area contributed by atoms with Crippen LogP contribution in [0.2, 0.25) is 0 Å². The number of thiophene rings is 1. The van der Waals surface area contributed by atoms with Gasteiger partial charge in [-0.05, 0) is 49.4 Å². The van der Waals surface area contributed by atoms with Gasteiger partial charge in [0.15, 0.2) is 0 Å². The Bertz CT molecular complexity index is 1010. The summed E-state index contributed by atoms with van der Waals surface area (Å²) in [6.07, 6.45) is 2.93. The SMILES string of the molecule is C[C@@H](N)c1ccc(Br)cc1.O=C(O)c1nc2sc3c(c2c(=O)[nH]1)CCC3. The highest BCUT2D eigenvalue weighted by molar-refractivity contribution is 9.10. The summed E-state index contributed by atoms with van der Waals surface area (Å²) in [5, 5.41) is 9.37. The van der Waals surface area contributed by atoms with E-state index in [1.54, 1.807) is 0 Å². The molecule has 0 radical (unpaired) electrons. The second-order valence-corrected chi connectivity index (χ2v) is 8.10. The highest BCUT2D eigenvalue weighted by atomic mass is 79.9. The molecule has 1 aliphatic rings. The van der Waals surface area contributed by atoms with E-state index in [2.05, 4.69) is 25.9 Å². The normalized spacial score (nSPS) is 13.8. The predicted molar refractivity (Wildman–Crippen MR) is 106 cm³/mol.